The minimum atomic E-state index is -0.326. The summed E-state index contributed by atoms with van der Waals surface area (Å²) in [5.41, 5.74) is 3.13. The number of rotatable bonds is 4. The minimum Gasteiger partial charge on any atom is -0.341 e. The van der Waals surface area contributed by atoms with Gasteiger partial charge in [0, 0.05) is 23.5 Å². The minimum absolute atomic E-state index is 0.0444. The average molecular weight is 362 g/mol. The van der Waals surface area contributed by atoms with E-state index in [1.165, 1.54) is 6.07 Å². The Balaban J connectivity index is 1.55. The Kier molecular flexibility index (Phi) is 4.36. The zero-order valence-corrected chi connectivity index (χ0v) is 14.9. The van der Waals surface area contributed by atoms with Crippen LogP contribution in [0.1, 0.15) is 39.6 Å². The molecule has 0 bridgehead atoms. The number of fused-ring (bicyclic) bond motifs is 1. The van der Waals surface area contributed by atoms with Gasteiger partial charge in [-0.3, -0.25) is 9.59 Å². The molecule has 1 atom stereocenters. The van der Waals surface area contributed by atoms with Gasteiger partial charge in [0.05, 0.1) is 11.6 Å². The Morgan fingerprint density at radius 1 is 1.07 bits per heavy atom. The first-order chi connectivity index (χ1) is 13.0. The third-order valence-corrected chi connectivity index (χ3v) is 5.02. The molecule has 1 aliphatic heterocycles. The van der Waals surface area contributed by atoms with Crippen molar-refractivity contribution in [3.05, 3.63) is 89.0 Å². The number of aromatic nitrogens is 1. The lowest BCUT2D eigenvalue weighted by molar-refractivity contribution is -0.117. The first kappa shape index (κ1) is 17.2. The third kappa shape index (κ3) is 3.16. The molecule has 3 aromatic rings. The SMILES string of the molecule is Cc1cc(NC(=O)[C@@H]2CCn3c(C(=O)c4ccccc4)ccc32)ccc1F. The number of hydrogen-bond donors (Lipinski definition) is 1. The van der Waals surface area contributed by atoms with E-state index in [1.54, 1.807) is 37.3 Å². The smallest absolute Gasteiger partial charge is 0.233 e. The summed E-state index contributed by atoms with van der Waals surface area (Å²) >= 11 is 0. The highest BCUT2D eigenvalue weighted by Gasteiger charge is 2.32. The fraction of sp³-hybridized carbons (Fsp3) is 0.182. The van der Waals surface area contributed by atoms with Gasteiger partial charge in [0.2, 0.25) is 11.7 Å². The maximum Gasteiger partial charge on any atom is 0.233 e. The van der Waals surface area contributed by atoms with Crippen LogP contribution in [-0.4, -0.2) is 16.3 Å². The molecule has 0 radical (unpaired) electrons. The predicted octanol–water partition coefficient (Wildman–Crippen LogP) is 4.29. The van der Waals surface area contributed by atoms with Gasteiger partial charge in [-0.15, -0.1) is 0 Å². The molecule has 0 aliphatic carbocycles. The van der Waals surface area contributed by atoms with Crippen LogP contribution in [-0.2, 0) is 11.3 Å². The monoisotopic (exact) mass is 362 g/mol. The number of hydrogen-bond acceptors (Lipinski definition) is 2. The van der Waals surface area contributed by atoms with Crippen LogP contribution >= 0.6 is 0 Å². The number of benzene rings is 2. The van der Waals surface area contributed by atoms with E-state index < -0.39 is 0 Å². The van der Waals surface area contributed by atoms with E-state index in [1.807, 2.05) is 28.8 Å². The number of aryl methyl sites for hydroxylation is 1. The van der Waals surface area contributed by atoms with E-state index in [0.29, 0.717) is 35.5 Å². The van der Waals surface area contributed by atoms with Crippen molar-refractivity contribution in [2.75, 3.05) is 5.32 Å². The van der Waals surface area contributed by atoms with Gasteiger partial charge < -0.3 is 9.88 Å². The molecule has 2 heterocycles. The number of ketones is 1. The molecule has 0 saturated carbocycles. The van der Waals surface area contributed by atoms with Crippen molar-refractivity contribution in [1.29, 1.82) is 0 Å². The largest absolute Gasteiger partial charge is 0.341 e. The highest BCUT2D eigenvalue weighted by atomic mass is 19.1. The first-order valence-electron chi connectivity index (χ1n) is 8.91. The van der Waals surface area contributed by atoms with Gasteiger partial charge in [0.15, 0.2) is 0 Å². The summed E-state index contributed by atoms with van der Waals surface area (Å²) in [6.45, 7) is 2.28. The molecule has 27 heavy (non-hydrogen) atoms. The van der Waals surface area contributed by atoms with E-state index in [4.69, 9.17) is 0 Å². The van der Waals surface area contributed by atoms with E-state index in [2.05, 4.69) is 5.32 Å². The summed E-state index contributed by atoms with van der Waals surface area (Å²) < 4.78 is 15.3. The van der Waals surface area contributed by atoms with Crippen LogP contribution in [0.4, 0.5) is 10.1 Å². The Hall–Kier alpha value is -3.21. The van der Waals surface area contributed by atoms with Crippen molar-refractivity contribution in [1.82, 2.24) is 4.57 Å². The second-order valence-electron chi connectivity index (χ2n) is 6.78. The van der Waals surface area contributed by atoms with Crippen LogP contribution in [0.15, 0.2) is 60.7 Å². The van der Waals surface area contributed by atoms with Gasteiger partial charge in [-0.05, 0) is 49.2 Å². The quantitative estimate of drug-likeness (QED) is 0.704. The molecule has 4 rings (SSSR count). The van der Waals surface area contributed by atoms with Gasteiger partial charge in [0.1, 0.15) is 5.82 Å². The maximum absolute atomic E-state index is 13.4. The summed E-state index contributed by atoms with van der Waals surface area (Å²) in [4.78, 5) is 25.5. The summed E-state index contributed by atoms with van der Waals surface area (Å²) in [5.74, 6) is -0.812. The highest BCUT2D eigenvalue weighted by Crippen LogP contribution is 2.32. The third-order valence-electron chi connectivity index (χ3n) is 5.02. The molecule has 5 heteroatoms. The number of anilines is 1. The summed E-state index contributed by atoms with van der Waals surface area (Å²) in [6, 6.07) is 17.3. The predicted molar refractivity (Wildman–Crippen MR) is 101 cm³/mol. The summed E-state index contributed by atoms with van der Waals surface area (Å²) in [7, 11) is 0. The highest BCUT2D eigenvalue weighted by molar-refractivity contribution is 6.08. The normalized spacial score (nSPS) is 15.4. The molecule has 0 unspecified atom stereocenters. The Labute approximate surface area is 156 Å². The number of nitrogens with one attached hydrogen (secondary N) is 1. The Bertz CT molecular complexity index is 1020. The molecule has 1 N–H and O–H groups in total. The van der Waals surface area contributed by atoms with Crippen LogP contribution in [0.25, 0.3) is 0 Å². The Morgan fingerprint density at radius 2 is 1.85 bits per heavy atom. The summed E-state index contributed by atoms with van der Waals surface area (Å²) in [5, 5.41) is 2.86. The molecule has 1 amide bonds. The molecular formula is C22H19FN2O2. The van der Waals surface area contributed by atoms with Crippen molar-refractivity contribution in [2.24, 2.45) is 0 Å². The second-order valence-corrected chi connectivity index (χ2v) is 6.78. The van der Waals surface area contributed by atoms with E-state index in [9.17, 15) is 14.0 Å². The van der Waals surface area contributed by atoms with Crippen molar-refractivity contribution in [3.63, 3.8) is 0 Å². The number of carbonyl (C=O) groups excluding carboxylic acids is 2. The molecule has 136 valence electrons. The van der Waals surface area contributed by atoms with Crippen molar-refractivity contribution in [3.8, 4) is 0 Å². The average Bonchev–Trinajstić information content (AvgIpc) is 3.27. The topological polar surface area (TPSA) is 51.1 Å². The molecule has 1 aromatic heterocycles. The van der Waals surface area contributed by atoms with Gasteiger partial charge in [-0.1, -0.05) is 30.3 Å². The van der Waals surface area contributed by atoms with E-state index >= 15 is 0 Å². The van der Waals surface area contributed by atoms with E-state index in [0.717, 1.165) is 5.69 Å². The van der Waals surface area contributed by atoms with Crippen LogP contribution in [0.3, 0.4) is 0 Å². The number of nitrogens with zero attached hydrogens (tertiary/aromatic N) is 1. The fourth-order valence-electron chi connectivity index (χ4n) is 3.60. The molecule has 1 aliphatic rings. The first-order valence-corrected chi connectivity index (χ1v) is 8.91. The van der Waals surface area contributed by atoms with Gasteiger partial charge in [-0.25, -0.2) is 4.39 Å². The van der Waals surface area contributed by atoms with Crippen LogP contribution < -0.4 is 5.32 Å². The number of amides is 1. The second kappa shape index (κ2) is 6.83. The molecule has 2 aromatic carbocycles. The lowest BCUT2D eigenvalue weighted by atomic mass is 10.0. The molecule has 0 fully saturated rings. The molecule has 0 saturated heterocycles. The van der Waals surface area contributed by atoms with Gasteiger partial charge >= 0.3 is 0 Å². The Morgan fingerprint density at radius 3 is 2.59 bits per heavy atom. The maximum atomic E-state index is 13.4. The van der Waals surface area contributed by atoms with Crippen molar-refractivity contribution >= 4 is 17.4 Å². The molecule has 0 spiro atoms. The zero-order valence-electron chi connectivity index (χ0n) is 14.9. The van der Waals surface area contributed by atoms with E-state index in [-0.39, 0.29) is 23.4 Å². The van der Waals surface area contributed by atoms with Gasteiger partial charge in [0.25, 0.3) is 0 Å². The van der Waals surface area contributed by atoms with Crippen LogP contribution in [0.2, 0.25) is 0 Å². The number of carbonyl (C=O) groups is 2. The molecular weight excluding hydrogens is 343 g/mol. The number of halogens is 1. The fourth-order valence-corrected chi connectivity index (χ4v) is 3.60. The van der Waals surface area contributed by atoms with Crippen LogP contribution in [0, 0.1) is 12.7 Å². The standard InChI is InChI=1S/C22H19FN2O2/c1-14-13-16(7-8-18(14)23)24-22(27)17-11-12-25-19(17)9-10-20(25)21(26)15-5-3-2-4-6-15/h2-10,13,17H,11-12H2,1H3,(H,24,27)/t17-/m1/s1. The molecule has 4 nitrogen and oxygen atoms in total. The van der Waals surface area contributed by atoms with Crippen molar-refractivity contribution in [2.45, 2.75) is 25.8 Å². The summed E-state index contributed by atoms with van der Waals surface area (Å²) in [6.07, 6.45) is 0.636. The lowest BCUT2D eigenvalue weighted by Gasteiger charge is -2.11. The van der Waals surface area contributed by atoms with Crippen LogP contribution in [0.5, 0.6) is 0 Å². The zero-order chi connectivity index (χ0) is 19.0. The van der Waals surface area contributed by atoms with Gasteiger partial charge in [-0.2, -0.15) is 0 Å². The lowest BCUT2D eigenvalue weighted by Crippen LogP contribution is -2.19. The van der Waals surface area contributed by atoms with Crippen molar-refractivity contribution < 1.29 is 14.0 Å².